The third-order valence-electron chi connectivity index (χ3n) is 5.62. The van der Waals surface area contributed by atoms with Gasteiger partial charge < -0.3 is 21.3 Å². The molecule has 0 spiro atoms. The Morgan fingerprint density at radius 3 is 2.71 bits per heavy atom. The van der Waals surface area contributed by atoms with Crippen LogP contribution in [-0.2, 0) is 27.5 Å². The predicted octanol–water partition coefficient (Wildman–Crippen LogP) is 1.80. The zero-order valence-electron chi connectivity index (χ0n) is 18.5. The Morgan fingerprint density at radius 2 is 2.03 bits per heavy atom. The number of benzene rings is 2. The number of nitrogens with two attached hydrogens (primary N) is 1. The molecule has 0 unspecified atom stereocenters. The highest BCUT2D eigenvalue weighted by molar-refractivity contribution is 6.30. The van der Waals surface area contributed by atoms with Gasteiger partial charge in [0.1, 0.15) is 12.4 Å². The first-order valence-electron chi connectivity index (χ1n) is 10.8. The Balaban J connectivity index is 1.48. The topological polar surface area (TPSA) is 139 Å². The predicted molar refractivity (Wildman–Crippen MR) is 126 cm³/mol. The molecule has 1 heterocycles. The zero-order valence-corrected chi connectivity index (χ0v) is 19.2. The van der Waals surface area contributed by atoms with Crippen LogP contribution in [0.1, 0.15) is 28.9 Å². The molecule has 182 valence electrons. The number of aromatic nitrogens is 2. The Labute approximate surface area is 204 Å². The number of hydrogen-bond donors (Lipinski definition) is 3. The Kier molecular flexibility index (Phi) is 6.97. The lowest BCUT2D eigenvalue weighted by atomic mass is 10.2. The van der Waals surface area contributed by atoms with Crippen molar-refractivity contribution in [1.82, 2.24) is 20.0 Å². The van der Waals surface area contributed by atoms with Gasteiger partial charge in [-0.05, 0) is 37.1 Å². The van der Waals surface area contributed by atoms with Crippen molar-refractivity contribution in [3.05, 3.63) is 58.5 Å². The van der Waals surface area contributed by atoms with Gasteiger partial charge in [-0.3, -0.25) is 23.9 Å². The number of nitrogens with zero attached hydrogens (tertiary/aromatic N) is 3. The van der Waals surface area contributed by atoms with Crippen molar-refractivity contribution in [1.29, 1.82) is 0 Å². The van der Waals surface area contributed by atoms with Gasteiger partial charge in [0.2, 0.25) is 18.2 Å². The zero-order chi connectivity index (χ0) is 25.1. The highest BCUT2D eigenvalue weighted by Crippen LogP contribution is 2.28. The van der Waals surface area contributed by atoms with Crippen molar-refractivity contribution < 1.29 is 23.6 Å². The molecule has 3 aromatic rings. The van der Waals surface area contributed by atoms with E-state index < -0.39 is 17.6 Å². The summed E-state index contributed by atoms with van der Waals surface area (Å²) in [5.41, 5.74) is 6.55. The minimum absolute atomic E-state index is 0.0395. The largest absolute Gasteiger partial charge is 0.364 e. The lowest BCUT2D eigenvalue weighted by molar-refractivity contribution is -0.137. The van der Waals surface area contributed by atoms with Gasteiger partial charge in [-0.1, -0.05) is 23.7 Å². The van der Waals surface area contributed by atoms with Crippen LogP contribution in [0.5, 0.6) is 0 Å². The first-order valence-corrected chi connectivity index (χ1v) is 11.2. The summed E-state index contributed by atoms with van der Waals surface area (Å²) < 4.78 is 15.4. The number of anilines is 1. The smallest absolute Gasteiger partial charge is 0.269 e. The summed E-state index contributed by atoms with van der Waals surface area (Å²) in [6.07, 6.45) is 2.02. The van der Waals surface area contributed by atoms with Crippen molar-refractivity contribution in [2.24, 2.45) is 5.73 Å². The minimum atomic E-state index is -0.781. The lowest BCUT2D eigenvalue weighted by Gasteiger charge is -2.22. The molecular weight excluding hydrogens is 479 g/mol. The number of carbonyl (C=O) groups is 4. The van der Waals surface area contributed by atoms with Gasteiger partial charge in [-0.2, -0.15) is 5.10 Å². The second kappa shape index (κ2) is 10.1. The fourth-order valence-corrected chi connectivity index (χ4v) is 3.95. The SMILES string of the molecule is NC(=O)c1nn(CC(=O)N(CC(=O)NCc2cccc(Cl)c2F)C2CC2)c2ccc(NC=O)cc12. The van der Waals surface area contributed by atoms with E-state index in [9.17, 15) is 23.6 Å². The van der Waals surface area contributed by atoms with E-state index in [1.165, 1.54) is 21.7 Å². The highest BCUT2D eigenvalue weighted by atomic mass is 35.5. The van der Waals surface area contributed by atoms with E-state index in [-0.39, 0.29) is 47.9 Å². The van der Waals surface area contributed by atoms with Crippen LogP contribution in [0.2, 0.25) is 5.02 Å². The van der Waals surface area contributed by atoms with E-state index >= 15 is 0 Å². The fraction of sp³-hybridized carbons (Fsp3) is 0.261. The fourth-order valence-electron chi connectivity index (χ4n) is 3.76. The van der Waals surface area contributed by atoms with Gasteiger partial charge >= 0.3 is 0 Å². The van der Waals surface area contributed by atoms with Crippen LogP contribution in [-0.4, -0.2) is 51.4 Å². The minimum Gasteiger partial charge on any atom is -0.364 e. The third kappa shape index (κ3) is 5.40. The molecule has 0 bridgehead atoms. The van der Waals surface area contributed by atoms with Gasteiger partial charge in [0.15, 0.2) is 5.69 Å². The molecule has 4 N–H and O–H groups in total. The molecule has 0 atom stereocenters. The normalized spacial score (nSPS) is 12.9. The maximum atomic E-state index is 14.1. The molecule has 1 saturated carbocycles. The Bertz CT molecular complexity index is 1320. The average molecular weight is 501 g/mol. The number of primary amides is 1. The van der Waals surface area contributed by atoms with Crippen LogP contribution in [0.15, 0.2) is 36.4 Å². The summed E-state index contributed by atoms with van der Waals surface area (Å²) in [6.45, 7) is -0.501. The van der Waals surface area contributed by atoms with Gasteiger partial charge in [-0.25, -0.2) is 4.39 Å². The monoisotopic (exact) mass is 500 g/mol. The summed E-state index contributed by atoms with van der Waals surface area (Å²) in [5, 5.41) is 9.64. The first-order chi connectivity index (χ1) is 16.8. The molecule has 0 radical (unpaired) electrons. The average Bonchev–Trinajstić information content (AvgIpc) is 3.60. The van der Waals surface area contributed by atoms with Crippen LogP contribution in [0.25, 0.3) is 10.9 Å². The van der Waals surface area contributed by atoms with Gasteiger partial charge in [0.05, 0.1) is 17.1 Å². The summed E-state index contributed by atoms with van der Waals surface area (Å²) in [6, 6.07) is 9.18. The molecule has 1 aliphatic rings. The van der Waals surface area contributed by atoms with Crippen molar-refractivity contribution >= 4 is 52.3 Å². The highest BCUT2D eigenvalue weighted by Gasteiger charge is 2.34. The molecule has 0 aliphatic heterocycles. The quantitative estimate of drug-likeness (QED) is 0.364. The summed E-state index contributed by atoms with van der Waals surface area (Å²) >= 11 is 5.77. The van der Waals surface area contributed by atoms with Crippen LogP contribution in [0, 0.1) is 5.82 Å². The van der Waals surface area contributed by atoms with Crippen LogP contribution < -0.4 is 16.4 Å². The maximum absolute atomic E-state index is 14.1. The second-order valence-electron chi connectivity index (χ2n) is 8.11. The molecule has 1 aromatic heterocycles. The van der Waals surface area contributed by atoms with Crippen molar-refractivity contribution in [3.8, 4) is 0 Å². The molecule has 2 aromatic carbocycles. The van der Waals surface area contributed by atoms with Gasteiger partial charge in [-0.15, -0.1) is 0 Å². The molecule has 0 saturated heterocycles. The van der Waals surface area contributed by atoms with Crippen molar-refractivity contribution in [3.63, 3.8) is 0 Å². The van der Waals surface area contributed by atoms with E-state index in [0.717, 1.165) is 12.8 Å². The molecule has 1 fully saturated rings. The van der Waals surface area contributed by atoms with Crippen LogP contribution in [0.3, 0.4) is 0 Å². The van der Waals surface area contributed by atoms with Gasteiger partial charge in [0.25, 0.3) is 5.91 Å². The van der Waals surface area contributed by atoms with Crippen LogP contribution >= 0.6 is 11.6 Å². The molecule has 4 rings (SSSR count). The number of rotatable bonds is 10. The third-order valence-corrected chi connectivity index (χ3v) is 5.92. The summed E-state index contributed by atoms with van der Waals surface area (Å²) in [5.74, 6) is -2.20. The number of nitrogens with one attached hydrogen (secondary N) is 2. The Morgan fingerprint density at radius 1 is 1.26 bits per heavy atom. The molecule has 1 aliphatic carbocycles. The van der Waals surface area contributed by atoms with Gasteiger partial charge in [0, 0.05) is 29.2 Å². The van der Waals surface area contributed by atoms with Crippen LogP contribution in [0.4, 0.5) is 10.1 Å². The maximum Gasteiger partial charge on any atom is 0.269 e. The van der Waals surface area contributed by atoms with E-state index in [1.54, 1.807) is 24.3 Å². The molecular formula is C23H22ClFN6O4. The molecule has 12 heteroatoms. The number of amides is 4. The molecule has 35 heavy (non-hydrogen) atoms. The Hall–Kier alpha value is -3.99. The van der Waals surface area contributed by atoms with E-state index in [0.29, 0.717) is 23.0 Å². The second-order valence-corrected chi connectivity index (χ2v) is 8.51. The standard InChI is InChI=1S/C23H22ClFN6O4/c24-17-3-1-2-13(21(17)25)9-27-19(33)10-30(15-5-6-15)20(34)11-31-18-7-4-14(28-12-32)8-16(18)22(29-31)23(26)35/h1-4,7-8,12,15H,5-6,9-11H2,(H2,26,35)(H,27,33)(H,28,32). The van der Waals surface area contributed by atoms with Crippen molar-refractivity contribution in [2.75, 3.05) is 11.9 Å². The molecule has 4 amide bonds. The van der Waals surface area contributed by atoms with E-state index in [2.05, 4.69) is 15.7 Å². The number of halogens is 2. The number of carbonyl (C=O) groups excluding carboxylic acids is 4. The number of hydrogen-bond acceptors (Lipinski definition) is 5. The van der Waals surface area contributed by atoms with E-state index in [4.69, 9.17) is 17.3 Å². The molecule has 10 nitrogen and oxygen atoms in total. The number of fused-ring (bicyclic) bond motifs is 1. The lowest BCUT2D eigenvalue weighted by Crippen LogP contribution is -2.43. The van der Waals surface area contributed by atoms with Crippen molar-refractivity contribution in [2.45, 2.75) is 32.0 Å². The summed E-state index contributed by atoms with van der Waals surface area (Å²) in [7, 11) is 0. The van der Waals surface area contributed by atoms with E-state index in [1.807, 2.05) is 0 Å². The summed E-state index contributed by atoms with van der Waals surface area (Å²) in [4.78, 5) is 49.7. The first kappa shape index (κ1) is 24.1.